The zero-order valence-corrected chi connectivity index (χ0v) is 26.3. The van der Waals surface area contributed by atoms with Crippen molar-refractivity contribution in [2.45, 2.75) is 32.5 Å². The molecular formula is C40H29IrN3-2. The molecule has 3 heterocycles. The Hall–Kier alpha value is -4.50. The van der Waals surface area contributed by atoms with Crippen molar-refractivity contribution >= 4 is 21.5 Å². The normalized spacial score (nSPS) is 13.9. The van der Waals surface area contributed by atoms with Crippen molar-refractivity contribution in [1.82, 2.24) is 15.0 Å². The van der Waals surface area contributed by atoms with Gasteiger partial charge in [0.2, 0.25) is 0 Å². The molecule has 0 amide bonds. The number of pyridine rings is 3. The van der Waals surface area contributed by atoms with E-state index in [-0.39, 0.29) is 20.1 Å². The van der Waals surface area contributed by atoms with Gasteiger partial charge < -0.3 is 15.0 Å². The number of rotatable bonds is 2. The number of hydrogen-bond donors (Lipinski definition) is 0. The van der Waals surface area contributed by atoms with Crippen LogP contribution in [0.1, 0.15) is 31.9 Å². The van der Waals surface area contributed by atoms with Crippen molar-refractivity contribution in [3.8, 4) is 33.6 Å². The van der Waals surface area contributed by atoms with E-state index in [2.05, 4.69) is 52.6 Å². The van der Waals surface area contributed by atoms with Crippen molar-refractivity contribution in [2.24, 2.45) is 0 Å². The van der Waals surface area contributed by atoms with Gasteiger partial charge in [0.15, 0.2) is 0 Å². The first-order valence-electron chi connectivity index (χ1n) is 16.2. The fraction of sp³-hybridized carbons (Fsp3) is 0.125. The summed E-state index contributed by atoms with van der Waals surface area (Å²) in [4.78, 5) is 12.9. The van der Waals surface area contributed by atoms with Gasteiger partial charge in [-0.1, -0.05) is 83.6 Å². The van der Waals surface area contributed by atoms with E-state index >= 15 is 0 Å². The summed E-state index contributed by atoms with van der Waals surface area (Å²) in [5.41, 5.74) is 12.7. The van der Waals surface area contributed by atoms with Crippen molar-refractivity contribution in [3.05, 3.63) is 150 Å². The van der Waals surface area contributed by atoms with Crippen LogP contribution < -0.4 is 0 Å². The predicted molar refractivity (Wildman–Crippen MR) is 175 cm³/mol. The van der Waals surface area contributed by atoms with E-state index in [0.717, 1.165) is 69.7 Å². The van der Waals surface area contributed by atoms with Gasteiger partial charge in [-0.15, -0.1) is 46.5 Å². The molecule has 0 fully saturated rings. The molecule has 2 aliphatic rings. The SMILES string of the molecule is [2H]C([2H])([2H])c1ccc2c(ccc3c(-c4[c-]c5c6c(c4)CCc4cccc(c4-6)CC5)nccc32)c1.[Ir].[c-]1ncccc1-c1ccccn1. The average Bonchev–Trinajstić information content (AvgIpc) is 3.10. The number of benzene rings is 4. The van der Waals surface area contributed by atoms with Gasteiger partial charge in [0.25, 0.3) is 0 Å². The largest absolute Gasteiger partial charge is 0.360 e. The second kappa shape index (κ2) is 11.9. The topological polar surface area (TPSA) is 38.7 Å². The van der Waals surface area contributed by atoms with Crippen LogP contribution in [0.2, 0.25) is 0 Å². The smallest absolute Gasteiger partial charge is 0.0280 e. The number of nitrogens with zero attached hydrogens (tertiary/aromatic N) is 3. The molecule has 0 atom stereocenters. The van der Waals surface area contributed by atoms with Crippen LogP contribution in [-0.4, -0.2) is 15.0 Å². The first kappa shape index (κ1) is 24.9. The fourth-order valence-electron chi connectivity index (χ4n) is 6.65. The molecule has 9 rings (SSSR count). The van der Waals surface area contributed by atoms with Crippen LogP contribution in [0, 0.1) is 19.1 Å². The Morgan fingerprint density at radius 3 is 2.32 bits per heavy atom. The first-order chi connectivity index (χ1) is 22.4. The maximum absolute atomic E-state index is 7.74. The van der Waals surface area contributed by atoms with E-state index in [1.54, 1.807) is 24.5 Å². The van der Waals surface area contributed by atoms with Crippen molar-refractivity contribution < 1.29 is 24.2 Å². The summed E-state index contributed by atoms with van der Waals surface area (Å²) in [6.45, 7) is -2.11. The van der Waals surface area contributed by atoms with Gasteiger partial charge in [-0.3, -0.25) is 0 Å². The fourth-order valence-corrected chi connectivity index (χ4v) is 6.65. The van der Waals surface area contributed by atoms with Crippen molar-refractivity contribution in [1.29, 1.82) is 0 Å². The summed E-state index contributed by atoms with van der Waals surface area (Å²) in [6.07, 6.45) is 12.4. The Bertz CT molecular complexity index is 2170. The maximum Gasteiger partial charge on any atom is 0.0280 e. The minimum atomic E-state index is -2.11. The minimum absolute atomic E-state index is 0. The van der Waals surface area contributed by atoms with E-state index in [4.69, 9.17) is 9.10 Å². The first-order valence-corrected chi connectivity index (χ1v) is 14.7. The zero-order valence-electron chi connectivity index (χ0n) is 26.9. The van der Waals surface area contributed by atoms with Crippen LogP contribution in [0.3, 0.4) is 0 Å². The molecule has 0 unspecified atom stereocenters. The van der Waals surface area contributed by atoms with Crippen LogP contribution in [0.25, 0.3) is 55.2 Å². The molecule has 1 radical (unpaired) electrons. The van der Waals surface area contributed by atoms with Crippen LogP contribution >= 0.6 is 0 Å². The number of hydrogen-bond acceptors (Lipinski definition) is 3. The summed E-state index contributed by atoms with van der Waals surface area (Å²) in [5.74, 6) is 0. The summed E-state index contributed by atoms with van der Waals surface area (Å²) in [7, 11) is 0. The third-order valence-corrected chi connectivity index (χ3v) is 8.59. The van der Waals surface area contributed by atoms with Crippen LogP contribution in [0.5, 0.6) is 0 Å². The Kier molecular flexibility index (Phi) is 6.72. The molecule has 4 aromatic carbocycles. The summed E-state index contributed by atoms with van der Waals surface area (Å²) >= 11 is 0. The van der Waals surface area contributed by atoms with Gasteiger partial charge in [-0.05, 0) is 94.9 Å². The Morgan fingerprint density at radius 1 is 0.636 bits per heavy atom. The molecule has 0 saturated heterocycles. The second-order valence-electron chi connectivity index (χ2n) is 11.1. The maximum atomic E-state index is 7.74. The van der Waals surface area contributed by atoms with E-state index in [1.165, 1.54) is 33.4 Å². The molecule has 0 aliphatic heterocycles. The molecule has 215 valence electrons. The molecule has 0 N–H and O–H groups in total. The van der Waals surface area contributed by atoms with Gasteiger partial charge in [-0.25, -0.2) is 0 Å². The number of aromatic nitrogens is 3. The predicted octanol–water partition coefficient (Wildman–Crippen LogP) is 8.97. The average molecular weight is 747 g/mol. The van der Waals surface area contributed by atoms with Gasteiger partial charge in [0.05, 0.1) is 0 Å². The standard InChI is InChI=1S/C30H22N.C10H7N2.Ir/c1-18-5-11-25-21(15-18)10-12-27-26(25)13-14-31-30(27)24-16-22-8-6-19-3-2-4-20-7-9-23(17-24)29(22)28(19)20;1-2-7-12-10(5-1)9-4-3-6-11-8-9;/h2-5,10-16H,6-9H2,1H3;1-7H;/q2*-1;/i1D3;;. The zero-order chi connectivity index (χ0) is 31.3. The van der Waals surface area contributed by atoms with E-state index in [0.29, 0.717) is 5.56 Å². The molecule has 3 aromatic heterocycles. The van der Waals surface area contributed by atoms with E-state index in [9.17, 15) is 0 Å². The van der Waals surface area contributed by atoms with Gasteiger partial charge in [0, 0.05) is 36.6 Å². The Labute approximate surface area is 275 Å². The summed E-state index contributed by atoms with van der Waals surface area (Å²) < 4.78 is 23.2. The Morgan fingerprint density at radius 2 is 1.50 bits per heavy atom. The molecule has 44 heavy (non-hydrogen) atoms. The molecule has 0 saturated carbocycles. The van der Waals surface area contributed by atoms with Crippen molar-refractivity contribution in [3.63, 3.8) is 0 Å². The number of aryl methyl sites for hydroxylation is 5. The third-order valence-electron chi connectivity index (χ3n) is 8.59. The molecule has 7 aromatic rings. The van der Waals surface area contributed by atoms with Crippen LogP contribution in [-0.2, 0) is 45.8 Å². The van der Waals surface area contributed by atoms with E-state index in [1.807, 2.05) is 54.7 Å². The van der Waals surface area contributed by atoms with E-state index < -0.39 is 6.85 Å². The molecule has 2 aliphatic carbocycles. The monoisotopic (exact) mass is 747 g/mol. The van der Waals surface area contributed by atoms with Crippen molar-refractivity contribution in [2.75, 3.05) is 0 Å². The van der Waals surface area contributed by atoms with Crippen LogP contribution in [0.15, 0.2) is 110 Å². The van der Waals surface area contributed by atoms with Gasteiger partial charge in [-0.2, -0.15) is 0 Å². The second-order valence-corrected chi connectivity index (χ2v) is 11.1. The van der Waals surface area contributed by atoms with Gasteiger partial charge in [0.1, 0.15) is 0 Å². The van der Waals surface area contributed by atoms with Gasteiger partial charge >= 0.3 is 0 Å². The Balaban J connectivity index is 0.000000228. The molecule has 3 nitrogen and oxygen atoms in total. The number of fused-ring (bicyclic) bond motifs is 3. The molecule has 4 heteroatoms. The van der Waals surface area contributed by atoms with Crippen LogP contribution in [0.4, 0.5) is 0 Å². The summed E-state index contributed by atoms with van der Waals surface area (Å²) in [6, 6.07) is 34.0. The third kappa shape index (κ3) is 5.05. The molecular weight excluding hydrogens is 715 g/mol. The molecule has 0 bridgehead atoms. The summed E-state index contributed by atoms with van der Waals surface area (Å²) in [5, 5.41) is 4.15. The minimum Gasteiger partial charge on any atom is -0.360 e. The molecule has 0 spiro atoms. The quantitative estimate of drug-likeness (QED) is 0.131.